The maximum Gasteiger partial charge on any atom is 0.326 e. The molecule has 10 amide bonds. The lowest BCUT2D eigenvalue weighted by molar-refractivity contribution is -0.145. The number of hydrogen-bond donors (Lipinski definition) is 19. The van der Waals surface area contributed by atoms with Gasteiger partial charge < -0.3 is 109 Å². The number of nitrogens with one attached hydrogen (secondary N) is 9. The lowest BCUT2D eigenvalue weighted by Crippen LogP contribution is -2.61. The molecule has 0 saturated carbocycles. The van der Waals surface area contributed by atoms with E-state index >= 15 is 0 Å². The molecule has 1 heterocycles. The number of aliphatic imine (C=N–C) groups is 3. The van der Waals surface area contributed by atoms with Crippen LogP contribution in [0.3, 0.4) is 0 Å². The Morgan fingerprint density at radius 3 is 1.58 bits per heavy atom. The van der Waals surface area contributed by atoms with Gasteiger partial charge in [-0.1, -0.05) is 76.6 Å². The minimum Gasteiger partial charge on any atom is -0.508 e. The van der Waals surface area contributed by atoms with Crippen molar-refractivity contribution in [3.63, 3.8) is 0 Å². The van der Waals surface area contributed by atoms with Gasteiger partial charge in [0.05, 0.1) is 12.6 Å². The van der Waals surface area contributed by atoms with Crippen LogP contribution in [-0.2, 0) is 65.6 Å². The first-order valence-corrected chi connectivity index (χ1v) is 33.1. The van der Waals surface area contributed by atoms with Crippen LogP contribution in [0.5, 0.6) is 5.75 Å². The molecule has 27 N–H and O–H groups in total. The number of carboxylic acids is 1. The summed E-state index contributed by atoms with van der Waals surface area (Å²) in [5.41, 5.74) is 46.6. The van der Waals surface area contributed by atoms with Crippen molar-refractivity contribution in [2.75, 3.05) is 39.3 Å². The van der Waals surface area contributed by atoms with E-state index in [1.165, 1.54) is 24.0 Å². The summed E-state index contributed by atoms with van der Waals surface area (Å²) in [6.07, 6.45) is 2.08. The number of carboxylic acid groups (broad SMARTS) is 1. The second-order valence-corrected chi connectivity index (χ2v) is 24.7. The van der Waals surface area contributed by atoms with Gasteiger partial charge in [-0.05, 0) is 132 Å². The summed E-state index contributed by atoms with van der Waals surface area (Å²) in [7, 11) is 0. The number of unbranched alkanes of at least 4 members (excludes halogenated alkanes) is 1. The zero-order valence-electron chi connectivity index (χ0n) is 56.8. The molecule has 1 saturated heterocycles. The Morgan fingerprint density at radius 1 is 0.551 bits per heavy atom. The van der Waals surface area contributed by atoms with Crippen molar-refractivity contribution in [3.8, 4) is 5.75 Å². The molecule has 0 unspecified atom stereocenters. The van der Waals surface area contributed by atoms with Crippen LogP contribution in [0.4, 0.5) is 0 Å². The maximum atomic E-state index is 14.8. The highest BCUT2D eigenvalue weighted by atomic mass is 16.4. The molecule has 1 aliphatic heterocycles. The number of carbonyl (C=O) groups is 11. The number of benzene rings is 2. The van der Waals surface area contributed by atoms with Gasteiger partial charge in [0, 0.05) is 32.6 Å². The SMILES string of the molecule is CC[C@H](C)[C@H](NC(=O)[C@H](CCCN=C(N)N)NC(=O)[C@H](CCCN=C(N)N)NC(=O)[C@H](CC(C)C)NC(=O)[C@H](Cc1ccccc1)NC(=O)CNC(=O)[C@@H](C)NC(=O)[C@@H](N)Cc1ccc(O)cc1)C(=O)N[C@@H](CCCN=C(N)N)C(=O)N1CCC[C@@H]1C(=O)N[C@@H](CCCCN)C(=O)O. The average molecular weight is 1380 g/mol. The first kappa shape index (κ1) is 82.4. The summed E-state index contributed by atoms with van der Waals surface area (Å²) in [6.45, 7) is 8.24. The molecule has 0 spiro atoms. The van der Waals surface area contributed by atoms with Crippen molar-refractivity contribution in [2.45, 2.75) is 191 Å². The molecular formula is C64H105N21O13. The number of carbonyl (C=O) groups excluding carboxylic acids is 10. The van der Waals surface area contributed by atoms with Crippen LogP contribution >= 0.6 is 0 Å². The number of aliphatic carboxylic acids is 1. The van der Waals surface area contributed by atoms with Gasteiger partial charge in [-0.3, -0.25) is 62.9 Å². The molecule has 0 aromatic heterocycles. The zero-order valence-corrected chi connectivity index (χ0v) is 56.8. The molecule has 0 bridgehead atoms. The monoisotopic (exact) mass is 1380 g/mol. The number of phenolic OH excluding ortho intramolecular Hbond substituents is 1. The lowest BCUT2D eigenvalue weighted by atomic mass is 9.96. The minimum atomic E-state index is -1.44. The molecule has 11 atom stereocenters. The average Bonchev–Trinajstić information content (AvgIpc) is 1.51. The highest BCUT2D eigenvalue weighted by molar-refractivity contribution is 5.99. The molecule has 2 aromatic rings. The van der Waals surface area contributed by atoms with E-state index in [0.29, 0.717) is 43.4 Å². The molecule has 2 aromatic carbocycles. The van der Waals surface area contributed by atoms with Crippen LogP contribution in [-0.4, -0.2) is 198 Å². The summed E-state index contributed by atoms with van der Waals surface area (Å²) in [5.74, 6) is -10.5. The van der Waals surface area contributed by atoms with Crippen LogP contribution in [0, 0.1) is 11.8 Å². The van der Waals surface area contributed by atoms with Crippen molar-refractivity contribution >= 4 is 82.9 Å². The van der Waals surface area contributed by atoms with Gasteiger partial charge in [0.25, 0.3) is 0 Å². The van der Waals surface area contributed by atoms with E-state index in [-0.39, 0.29) is 126 Å². The highest BCUT2D eigenvalue weighted by Crippen LogP contribution is 2.22. The molecule has 1 aliphatic rings. The Morgan fingerprint density at radius 2 is 1.05 bits per heavy atom. The topological polar surface area (TPSA) is 585 Å². The number of nitrogens with two attached hydrogens (primary N) is 8. The van der Waals surface area contributed by atoms with E-state index in [2.05, 4.69) is 62.8 Å². The van der Waals surface area contributed by atoms with Gasteiger partial charge in [-0.2, -0.15) is 0 Å². The number of phenols is 1. The summed E-state index contributed by atoms with van der Waals surface area (Å²) in [5, 5.41) is 43.4. The number of likely N-dealkylation sites (tertiary alicyclic amines) is 1. The summed E-state index contributed by atoms with van der Waals surface area (Å²) < 4.78 is 0. The summed E-state index contributed by atoms with van der Waals surface area (Å²) in [4.78, 5) is 167. The molecule has 1 fully saturated rings. The summed E-state index contributed by atoms with van der Waals surface area (Å²) in [6, 6.07) is 1.96. The predicted molar refractivity (Wildman–Crippen MR) is 368 cm³/mol. The standard InChI is InChI=1S/C64H105N21O13/c1-6-37(4)51(59(95)81-45(21-14-30-75-64(71)72)60(96)85-31-15-22-49(85)58(94)82-46(61(97)98)18-10-11-27-65)84-55(91)44(20-13-29-74-63(69)70)79-54(90)43(19-12-28-73-62(67)68)80-56(92)47(32-36(2)3)83-57(93)48(34-39-16-8-7-9-17-39)78-50(87)35-76-52(88)38(5)77-53(89)42(66)33-40-23-25-41(86)26-24-40/h7-9,16-17,23-26,36-38,42-49,51,86H,6,10-15,18-22,27-35,65-66H2,1-5H3,(H,76,88)(H,77,89)(H,78,87)(H,79,90)(H,80,92)(H,81,95)(H,82,94)(H,83,93)(H,84,91)(H,97,98)(H4,67,68,73)(H4,69,70,74)(H4,71,72,75)/t37-,38+,42-,43-,44-,45-,46-,47-,48-,49+,51-/m0/s1. The molecular weight excluding hydrogens is 1270 g/mol. The van der Waals surface area contributed by atoms with Crippen molar-refractivity contribution in [2.24, 2.45) is 72.7 Å². The van der Waals surface area contributed by atoms with E-state index in [0.717, 1.165) is 0 Å². The molecule has 544 valence electrons. The second kappa shape index (κ2) is 43.3. The highest BCUT2D eigenvalue weighted by Gasteiger charge is 2.41. The minimum absolute atomic E-state index is 0.00239. The Bertz CT molecular complexity index is 3030. The molecule has 0 radical (unpaired) electrons. The third-order valence-corrected chi connectivity index (χ3v) is 16.1. The third kappa shape index (κ3) is 30.5. The molecule has 34 nitrogen and oxygen atoms in total. The third-order valence-electron chi connectivity index (χ3n) is 16.1. The number of amides is 10. The fraction of sp³-hybridized carbons (Fsp3) is 0.594. The Hall–Kier alpha value is -9.86. The number of nitrogens with zero attached hydrogens (tertiary/aromatic N) is 4. The molecule has 3 rings (SSSR count). The first-order chi connectivity index (χ1) is 46.4. The van der Waals surface area contributed by atoms with E-state index in [1.807, 2.05) is 0 Å². The number of guanidine groups is 3. The second-order valence-electron chi connectivity index (χ2n) is 24.7. The van der Waals surface area contributed by atoms with Crippen molar-refractivity contribution in [1.29, 1.82) is 0 Å². The van der Waals surface area contributed by atoms with Crippen molar-refractivity contribution < 1.29 is 63.0 Å². The van der Waals surface area contributed by atoms with Crippen LogP contribution in [0.1, 0.15) is 129 Å². The van der Waals surface area contributed by atoms with E-state index < -0.39 is 138 Å². The number of aromatic hydroxyl groups is 1. The van der Waals surface area contributed by atoms with Crippen LogP contribution < -0.4 is 93.7 Å². The van der Waals surface area contributed by atoms with Gasteiger partial charge in [0.2, 0.25) is 59.1 Å². The largest absolute Gasteiger partial charge is 0.508 e. The van der Waals surface area contributed by atoms with Gasteiger partial charge in [-0.25, -0.2) is 4.79 Å². The number of rotatable bonds is 44. The first-order valence-electron chi connectivity index (χ1n) is 33.1. The predicted octanol–water partition coefficient (Wildman–Crippen LogP) is -4.02. The van der Waals surface area contributed by atoms with Crippen LogP contribution in [0.15, 0.2) is 69.6 Å². The van der Waals surface area contributed by atoms with E-state index in [9.17, 15) is 63.0 Å². The van der Waals surface area contributed by atoms with E-state index in [1.54, 1.807) is 70.2 Å². The molecule has 98 heavy (non-hydrogen) atoms. The fourth-order valence-electron chi connectivity index (χ4n) is 10.6. The Kier molecular flexibility index (Phi) is 36.4. The smallest absolute Gasteiger partial charge is 0.326 e. The van der Waals surface area contributed by atoms with Crippen LogP contribution in [0.25, 0.3) is 0 Å². The Balaban J connectivity index is 1.93. The van der Waals surface area contributed by atoms with Crippen LogP contribution in [0.2, 0.25) is 0 Å². The zero-order chi connectivity index (χ0) is 73.0. The Labute approximate surface area is 571 Å². The van der Waals surface area contributed by atoms with E-state index in [4.69, 9.17) is 45.9 Å². The quantitative estimate of drug-likeness (QED) is 0.0171. The normalized spacial score (nSPS) is 15.6. The molecule has 34 heteroatoms. The van der Waals surface area contributed by atoms with Gasteiger partial charge >= 0.3 is 5.97 Å². The maximum absolute atomic E-state index is 14.8. The van der Waals surface area contributed by atoms with Gasteiger partial charge in [0.1, 0.15) is 60.1 Å². The molecule has 0 aliphatic carbocycles. The van der Waals surface area contributed by atoms with Gasteiger partial charge in [-0.15, -0.1) is 0 Å². The summed E-state index contributed by atoms with van der Waals surface area (Å²) >= 11 is 0. The number of hydrogen-bond acceptors (Lipinski definition) is 17. The van der Waals surface area contributed by atoms with Gasteiger partial charge in [0.15, 0.2) is 17.9 Å². The lowest BCUT2D eigenvalue weighted by Gasteiger charge is -2.32. The van der Waals surface area contributed by atoms with Crippen molar-refractivity contribution in [1.82, 2.24) is 52.8 Å². The fourth-order valence-corrected chi connectivity index (χ4v) is 10.6. The van der Waals surface area contributed by atoms with Crippen molar-refractivity contribution in [3.05, 3.63) is 65.7 Å².